The Bertz CT molecular complexity index is 1400. The molecule has 0 N–H and O–H groups in total. The third-order valence-electron chi connectivity index (χ3n) is 5.30. The Morgan fingerprint density at radius 1 is 0.939 bits per heavy atom. The summed E-state index contributed by atoms with van der Waals surface area (Å²) in [6.07, 6.45) is 1.88. The summed E-state index contributed by atoms with van der Waals surface area (Å²) >= 11 is 12.9. The number of benzene rings is 4. The molecule has 1 fully saturated rings. The summed E-state index contributed by atoms with van der Waals surface area (Å²) in [5.74, 6) is 0.541. The predicted octanol–water partition coefficient (Wildman–Crippen LogP) is 7.48. The Kier molecular flexibility index (Phi) is 6.18. The molecule has 0 bridgehead atoms. The van der Waals surface area contributed by atoms with E-state index in [0.29, 0.717) is 32.3 Å². The summed E-state index contributed by atoms with van der Waals surface area (Å²) < 4.78 is 6.67. The van der Waals surface area contributed by atoms with E-state index in [-0.39, 0.29) is 5.91 Å². The number of hydrogen-bond acceptors (Lipinski definition) is 4. The molecule has 0 aromatic heterocycles. The number of fused-ring (bicyclic) bond motifs is 1. The second-order valence-corrected chi connectivity index (χ2v) is 9.58. The van der Waals surface area contributed by atoms with Crippen LogP contribution in [0, 0.1) is 0 Å². The van der Waals surface area contributed by atoms with Gasteiger partial charge in [-0.1, -0.05) is 102 Å². The van der Waals surface area contributed by atoms with Crippen LogP contribution in [0.25, 0.3) is 16.8 Å². The van der Waals surface area contributed by atoms with E-state index in [4.69, 9.17) is 28.6 Å². The van der Waals surface area contributed by atoms with Crippen molar-refractivity contribution in [1.82, 2.24) is 0 Å². The van der Waals surface area contributed by atoms with Gasteiger partial charge in [0.25, 0.3) is 5.91 Å². The quantitative estimate of drug-likeness (QED) is 0.215. The van der Waals surface area contributed by atoms with Crippen LogP contribution in [0.2, 0.25) is 5.02 Å². The van der Waals surface area contributed by atoms with Crippen molar-refractivity contribution in [3.05, 3.63) is 112 Å². The van der Waals surface area contributed by atoms with Gasteiger partial charge in [0.15, 0.2) is 4.32 Å². The number of carbonyl (C=O) groups excluding carboxylic acids is 1. The third kappa shape index (κ3) is 4.53. The van der Waals surface area contributed by atoms with Crippen LogP contribution in [0.4, 0.5) is 5.69 Å². The van der Waals surface area contributed by atoms with Gasteiger partial charge in [0, 0.05) is 10.6 Å². The van der Waals surface area contributed by atoms with Gasteiger partial charge in [-0.15, -0.1) is 0 Å². The molecule has 5 rings (SSSR count). The molecule has 0 radical (unpaired) electrons. The monoisotopic (exact) mass is 487 g/mol. The van der Waals surface area contributed by atoms with Crippen LogP contribution in [0.1, 0.15) is 11.1 Å². The molecule has 0 spiro atoms. The van der Waals surface area contributed by atoms with Gasteiger partial charge in [-0.25, -0.2) is 0 Å². The van der Waals surface area contributed by atoms with Crippen molar-refractivity contribution in [2.45, 2.75) is 6.61 Å². The molecule has 1 aliphatic heterocycles. The summed E-state index contributed by atoms with van der Waals surface area (Å²) in [6.45, 7) is 0.434. The number of ether oxygens (including phenoxy) is 1. The molecule has 3 nitrogen and oxygen atoms in total. The number of thiocarbonyl (C=S) groups is 1. The number of amides is 1. The highest BCUT2D eigenvalue weighted by Crippen LogP contribution is 2.39. The highest BCUT2D eigenvalue weighted by atomic mass is 35.5. The largest absolute Gasteiger partial charge is 0.488 e. The van der Waals surface area contributed by atoms with Gasteiger partial charge in [-0.3, -0.25) is 9.69 Å². The third-order valence-corrected chi connectivity index (χ3v) is 6.84. The molecule has 0 atom stereocenters. The Morgan fingerprint density at radius 3 is 2.55 bits per heavy atom. The molecular weight excluding hydrogens is 470 g/mol. The number of nitrogens with zero attached hydrogens (tertiary/aromatic N) is 1. The zero-order valence-electron chi connectivity index (χ0n) is 17.4. The fourth-order valence-electron chi connectivity index (χ4n) is 3.72. The standard InChI is InChI=1S/C27H18ClNO2S2/c28-20-10-6-11-21(15-20)29-26(30)25(33-27(29)32)16-23-22-12-5-4-9-19(22)13-14-24(23)31-17-18-7-2-1-3-8-18/h1-16H,17H2/b25-16-. The van der Waals surface area contributed by atoms with Gasteiger partial charge in [0.2, 0.25) is 0 Å². The first kappa shape index (κ1) is 21.7. The maximum absolute atomic E-state index is 13.3. The lowest BCUT2D eigenvalue weighted by Crippen LogP contribution is -2.27. The lowest BCUT2D eigenvalue weighted by molar-refractivity contribution is -0.113. The highest BCUT2D eigenvalue weighted by Gasteiger charge is 2.33. The molecule has 6 heteroatoms. The van der Waals surface area contributed by atoms with Gasteiger partial charge >= 0.3 is 0 Å². The van der Waals surface area contributed by atoms with Gasteiger partial charge in [0.1, 0.15) is 12.4 Å². The topological polar surface area (TPSA) is 29.5 Å². The van der Waals surface area contributed by atoms with E-state index in [2.05, 4.69) is 0 Å². The summed E-state index contributed by atoms with van der Waals surface area (Å²) in [7, 11) is 0. The van der Waals surface area contributed by atoms with Crippen LogP contribution in [-0.4, -0.2) is 10.2 Å². The molecule has 1 saturated heterocycles. The second-order valence-electron chi connectivity index (χ2n) is 7.47. The van der Waals surface area contributed by atoms with Crippen LogP contribution >= 0.6 is 35.6 Å². The molecule has 1 heterocycles. The minimum absolute atomic E-state index is 0.172. The molecule has 1 amide bonds. The number of halogens is 1. The van der Waals surface area contributed by atoms with Crippen molar-refractivity contribution in [2.24, 2.45) is 0 Å². The van der Waals surface area contributed by atoms with E-state index in [9.17, 15) is 4.79 Å². The van der Waals surface area contributed by atoms with E-state index in [1.165, 1.54) is 16.7 Å². The van der Waals surface area contributed by atoms with Crippen LogP contribution in [0.5, 0.6) is 5.75 Å². The SMILES string of the molecule is O=C1/C(=C/c2c(OCc3ccccc3)ccc3ccccc23)SC(=S)N1c1cccc(Cl)c1. The molecule has 4 aromatic rings. The summed E-state index contributed by atoms with van der Waals surface area (Å²) in [5.41, 5.74) is 2.59. The summed E-state index contributed by atoms with van der Waals surface area (Å²) in [4.78, 5) is 15.4. The van der Waals surface area contributed by atoms with Crippen molar-refractivity contribution in [1.29, 1.82) is 0 Å². The van der Waals surface area contributed by atoms with Gasteiger partial charge in [-0.2, -0.15) is 0 Å². The van der Waals surface area contributed by atoms with Crippen molar-refractivity contribution < 1.29 is 9.53 Å². The lowest BCUT2D eigenvalue weighted by atomic mass is 10.0. The Hall–Kier alpha value is -3.12. The summed E-state index contributed by atoms with van der Waals surface area (Å²) in [5, 5.41) is 2.63. The highest BCUT2D eigenvalue weighted by molar-refractivity contribution is 8.27. The first-order chi connectivity index (χ1) is 16.1. The average molecular weight is 488 g/mol. The van der Waals surface area contributed by atoms with E-state index in [0.717, 1.165) is 21.9 Å². The zero-order chi connectivity index (χ0) is 22.8. The molecule has 4 aromatic carbocycles. The predicted molar refractivity (Wildman–Crippen MR) is 142 cm³/mol. The number of carbonyl (C=O) groups is 1. The number of hydrogen-bond donors (Lipinski definition) is 0. The minimum Gasteiger partial charge on any atom is -0.488 e. The van der Waals surface area contributed by atoms with Gasteiger partial charge in [0.05, 0.1) is 10.6 Å². The maximum Gasteiger partial charge on any atom is 0.270 e. The Morgan fingerprint density at radius 2 is 1.73 bits per heavy atom. The van der Waals surface area contributed by atoms with E-state index < -0.39 is 0 Å². The number of anilines is 1. The molecule has 0 saturated carbocycles. The fraction of sp³-hybridized carbons (Fsp3) is 0.0370. The molecule has 0 aliphatic carbocycles. The van der Waals surface area contributed by atoms with Gasteiger partial charge in [-0.05, 0) is 46.7 Å². The van der Waals surface area contributed by atoms with E-state index in [1.807, 2.05) is 78.9 Å². The smallest absolute Gasteiger partial charge is 0.270 e. The minimum atomic E-state index is -0.172. The number of rotatable bonds is 5. The van der Waals surface area contributed by atoms with Crippen molar-refractivity contribution in [3.8, 4) is 5.75 Å². The first-order valence-corrected chi connectivity index (χ1v) is 11.9. The fourth-order valence-corrected chi connectivity index (χ4v) is 5.19. The summed E-state index contributed by atoms with van der Waals surface area (Å²) in [6, 6.07) is 29.2. The van der Waals surface area contributed by atoms with Crippen LogP contribution in [0.3, 0.4) is 0 Å². The Labute approximate surface area is 206 Å². The Balaban J connectivity index is 1.54. The number of thioether (sulfide) groups is 1. The maximum atomic E-state index is 13.3. The van der Waals surface area contributed by atoms with Crippen LogP contribution in [-0.2, 0) is 11.4 Å². The molecule has 162 valence electrons. The lowest BCUT2D eigenvalue weighted by Gasteiger charge is -2.15. The van der Waals surface area contributed by atoms with E-state index in [1.54, 1.807) is 18.2 Å². The first-order valence-electron chi connectivity index (χ1n) is 10.3. The molecule has 1 aliphatic rings. The normalized spacial score (nSPS) is 14.9. The molecular formula is C27H18ClNO2S2. The van der Waals surface area contributed by atoms with Crippen molar-refractivity contribution in [3.63, 3.8) is 0 Å². The average Bonchev–Trinajstić information content (AvgIpc) is 3.11. The van der Waals surface area contributed by atoms with E-state index >= 15 is 0 Å². The van der Waals surface area contributed by atoms with Crippen molar-refractivity contribution in [2.75, 3.05) is 4.90 Å². The second kappa shape index (κ2) is 9.40. The van der Waals surface area contributed by atoms with Crippen LogP contribution < -0.4 is 9.64 Å². The van der Waals surface area contributed by atoms with Gasteiger partial charge < -0.3 is 4.74 Å². The molecule has 0 unspecified atom stereocenters. The zero-order valence-corrected chi connectivity index (χ0v) is 19.8. The van der Waals surface area contributed by atoms with Crippen LogP contribution in [0.15, 0.2) is 95.9 Å². The van der Waals surface area contributed by atoms with Crippen molar-refractivity contribution >= 4 is 68.3 Å². The molecule has 33 heavy (non-hydrogen) atoms.